The van der Waals surface area contributed by atoms with Crippen LogP contribution in [0.1, 0.15) is 54.0 Å². The molecule has 0 aliphatic carbocycles. The van der Waals surface area contributed by atoms with E-state index in [0.717, 1.165) is 11.4 Å². The van der Waals surface area contributed by atoms with E-state index in [1.807, 2.05) is 11.0 Å². The second-order valence-corrected chi connectivity index (χ2v) is 8.31. The van der Waals surface area contributed by atoms with Crippen molar-refractivity contribution in [3.05, 3.63) is 23.8 Å². The van der Waals surface area contributed by atoms with Crippen LogP contribution in [0.3, 0.4) is 0 Å². The summed E-state index contributed by atoms with van der Waals surface area (Å²) < 4.78 is 6.13. The van der Waals surface area contributed by atoms with E-state index in [1.54, 1.807) is 13.8 Å². The molecule has 1 heterocycles. The lowest BCUT2D eigenvalue weighted by atomic mass is 9.86. The summed E-state index contributed by atoms with van der Waals surface area (Å²) in [6, 6.07) is 6.14. The Morgan fingerprint density at radius 3 is 2.35 bits per heavy atom. The van der Waals surface area contributed by atoms with E-state index in [-0.39, 0.29) is 11.5 Å². The molecule has 2 rings (SSSR count). The van der Waals surface area contributed by atoms with E-state index < -0.39 is 11.5 Å². The van der Waals surface area contributed by atoms with Crippen LogP contribution in [-0.4, -0.2) is 29.3 Å². The number of hydrogen-bond acceptors (Lipinski definition) is 3. The van der Waals surface area contributed by atoms with Gasteiger partial charge in [0.25, 0.3) is 0 Å². The molecule has 0 aromatic heterocycles. The SMILES string of the molecule is CC(C)C1CN(C(C)(C)C(=O)O)c2cc(C(C)(C)C)ccc2O1. The maximum atomic E-state index is 11.8. The van der Waals surface area contributed by atoms with Crippen molar-refractivity contribution in [1.82, 2.24) is 0 Å². The molecule has 4 heteroatoms. The number of hydrogen-bond donors (Lipinski definition) is 1. The summed E-state index contributed by atoms with van der Waals surface area (Å²) in [6.07, 6.45) is -0.0124. The lowest BCUT2D eigenvalue weighted by molar-refractivity contribution is -0.142. The van der Waals surface area contributed by atoms with Gasteiger partial charge in [-0.15, -0.1) is 0 Å². The third kappa shape index (κ3) is 3.31. The molecule has 4 nitrogen and oxygen atoms in total. The Bertz CT molecular complexity index is 599. The van der Waals surface area contributed by atoms with E-state index in [9.17, 15) is 9.90 Å². The maximum Gasteiger partial charge on any atom is 0.328 e. The molecule has 1 aliphatic rings. The predicted molar refractivity (Wildman–Crippen MR) is 93.5 cm³/mol. The second kappa shape index (κ2) is 5.73. The van der Waals surface area contributed by atoms with Gasteiger partial charge >= 0.3 is 5.97 Å². The molecule has 128 valence electrons. The fraction of sp³-hybridized carbons (Fsp3) is 0.632. The van der Waals surface area contributed by atoms with Gasteiger partial charge in [0.2, 0.25) is 0 Å². The molecule has 23 heavy (non-hydrogen) atoms. The van der Waals surface area contributed by atoms with Gasteiger partial charge in [0, 0.05) is 0 Å². The highest BCUT2D eigenvalue weighted by Crippen LogP contribution is 2.41. The van der Waals surface area contributed by atoms with Crippen molar-refractivity contribution in [2.45, 2.75) is 65.5 Å². The number of ether oxygens (including phenoxy) is 1. The molecule has 0 bridgehead atoms. The Labute approximate surface area is 139 Å². The highest BCUT2D eigenvalue weighted by Gasteiger charge is 2.41. The molecule has 0 radical (unpaired) electrons. The summed E-state index contributed by atoms with van der Waals surface area (Å²) in [4.78, 5) is 13.8. The largest absolute Gasteiger partial charge is 0.486 e. The summed E-state index contributed by atoms with van der Waals surface area (Å²) >= 11 is 0. The summed E-state index contributed by atoms with van der Waals surface area (Å²) in [5.41, 5.74) is 1.07. The van der Waals surface area contributed by atoms with Gasteiger partial charge < -0.3 is 14.7 Å². The van der Waals surface area contributed by atoms with E-state index in [1.165, 1.54) is 5.56 Å². The van der Waals surface area contributed by atoms with Gasteiger partial charge in [-0.2, -0.15) is 0 Å². The number of aliphatic carboxylic acids is 1. The third-order valence-corrected chi connectivity index (χ3v) is 4.70. The van der Waals surface area contributed by atoms with Crippen molar-refractivity contribution in [3.63, 3.8) is 0 Å². The van der Waals surface area contributed by atoms with Gasteiger partial charge in [-0.1, -0.05) is 40.7 Å². The number of anilines is 1. The molecular weight excluding hydrogens is 290 g/mol. The minimum absolute atomic E-state index is 0.00294. The monoisotopic (exact) mass is 319 g/mol. The molecule has 0 saturated carbocycles. The van der Waals surface area contributed by atoms with Crippen LogP contribution in [-0.2, 0) is 10.2 Å². The Hall–Kier alpha value is -1.71. The zero-order chi connectivity index (χ0) is 17.6. The van der Waals surface area contributed by atoms with Crippen LogP contribution in [0.15, 0.2) is 18.2 Å². The lowest BCUT2D eigenvalue weighted by Gasteiger charge is -2.45. The van der Waals surface area contributed by atoms with Gasteiger partial charge in [-0.3, -0.25) is 0 Å². The van der Waals surface area contributed by atoms with Crippen molar-refractivity contribution < 1.29 is 14.6 Å². The van der Waals surface area contributed by atoms with Crippen LogP contribution < -0.4 is 9.64 Å². The quantitative estimate of drug-likeness (QED) is 0.912. The van der Waals surface area contributed by atoms with E-state index in [0.29, 0.717) is 12.5 Å². The first-order valence-corrected chi connectivity index (χ1v) is 8.27. The second-order valence-electron chi connectivity index (χ2n) is 8.31. The molecule has 0 amide bonds. The summed E-state index contributed by atoms with van der Waals surface area (Å²) in [7, 11) is 0. The first-order chi connectivity index (χ1) is 10.4. The van der Waals surface area contributed by atoms with E-state index in [4.69, 9.17) is 4.74 Å². The molecule has 1 aromatic rings. The molecule has 0 spiro atoms. The van der Waals surface area contributed by atoms with Crippen molar-refractivity contribution in [3.8, 4) is 5.75 Å². The van der Waals surface area contributed by atoms with Crippen LogP contribution in [0.25, 0.3) is 0 Å². The number of carbonyl (C=O) groups is 1. The van der Waals surface area contributed by atoms with Crippen molar-refractivity contribution in [2.24, 2.45) is 5.92 Å². The summed E-state index contributed by atoms with van der Waals surface area (Å²) in [6.45, 7) is 14.8. The van der Waals surface area contributed by atoms with Crippen molar-refractivity contribution in [2.75, 3.05) is 11.4 Å². The van der Waals surface area contributed by atoms with Crippen LogP contribution in [0.2, 0.25) is 0 Å². The fourth-order valence-electron chi connectivity index (χ4n) is 2.76. The summed E-state index contributed by atoms with van der Waals surface area (Å²) in [5, 5.41) is 9.69. The van der Waals surface area contributed by atoms with Gasteiger partial charge in [0.05, 0.1) is 12.2 Å². The Morgan fingerprint density at radius 2 is 1.87 bits per heavy atom. The van der Waals surface area contributed by atoms with Crippen LogP contribution in [0, 0.1) is 5.92 Å². The average molecular weight is 319 g/mol. The first kappa shape index (κ1) is 17.6. The number of rotatable bonds is 3. The van der Waals surface area contributed by atoms with Gasteiger partial charge in [0.15, 0.2) is 0 Å². The molecule has 1 atom stereocenters. The highest BCUT2D eigenvalue weighted by molar-refractivity contribution is 5.84. The number of benzene rings is 1. The Morgan fingerprint density at radius 1 is 1.26 bits per heavy atom. The average Bonchev–Trinajstić information content (AvgIpc) is 2.44. The number of carboxylic acid groups (broad SMARTS) is 1. The van der Waals surface area contributed by atoms with Gasteiger partial charge in [-0.05, 0) is 42.9 Å². The smallest absolute Gasteiger partial charge is 0.328 e. The third-order valence-electron chi connectivity index (χ3n) is 4.70. The zero-order valence-electron chi connectivity index (χ0n) is 15.3. The highest BCUT2D eigenvalue weighted by atomic mass is 16.5. The predicted octanol–water partition coefficient (Wildman–Crippen LogP) is 4.07. The number of carboxylic acids is 1. The number of fused-ring (bicyclic) bond motifs is 1. The molecule has 1 unspecified atom stereocenters. The minimum atomic E-state index is -0.984. The van der Waals surface area contributed by atoms with Gasteiger partial charge in [0.1, 0.15) is 17.4 Å². The number of nitrogens with zero attached hydrogens (tertiary/aromatic N) is 1. The fourth-order valence-corrected chi connectivity index (χ4v) is 2.76. The zero-order valence-corrected chi connectivity index (χ0v) is 15.3. The lowest BCUT2D eigenvalue weighted by Crippen LogP contribution is -2.56. The van der Waals surface area contributed by atoms with E-state index >= 15 is 0 Å². The standard InChI is InChI=1S/C19H29NO3/c1-12(2)16-11-20(19(6,7)17(21)22)14-10-13(18(3,4)5)8-9-15(14)23-16/h8-10,12,16H,11H2,1-7H3,(H,21,22). The van der Waals surface area contributed by atoms with Crippen molar-refractivity contribution >= 4 is 11.7 Å². The van der Waals surface area contributed by atoms with Crippen LogP contribution >= 0.6 is 0 Å². The molecular formula is C19H29NO3. The molecule has 1 aromatic carbocycles. The topological polar surface area (TPSA) is 49.8 Å². The molecule has 1 N–H and O–H groups in total. The van der Waals surface area contributed by atoms with Crippen LogP contribution in [0.5, 0.6) is 5.75 Å². The maximum absolute atomic E-state index is 11.8. The van der Waals surface area contributed by atoms with Crippen LogP contribution in [0.4, 0.5) is 5.69 Å². The molecule has 0 fully saturated rings. The van der Waals surface area contributed by atoms with Crippen molar-refractivity contribution in [1.29, 1.82) is 0 Å². The summed E-state index contributed by atoms with van der Waals surface area (Å²) in [5.74, 6) is 0.267. The molecule has 0 saturated heterocycles. The Kier molecular flexibility index (Phi) is 4.40. The Balaban J connectivity index is 2.57. The first-order valence-electron chi connectivity index (χ1n) is 8.27. The van der Waals surface area contributed by atoms with Gasteiger partial charge in [-0.25, -0.2) is 4.79 Å². The minimum Gasteiger partial charge on any atom is -0.486 e. The normalized spacial score (nSPS) is 18.6. The van der Waals surface area contributed by atoms with E-state index in [2.05, 4.69) is 46.8 Å². The molecule has 1 aliphatic heterocycles.